The van der Waals surface area contributed by atoms with Crippen LogP contribution in [-0.4, -0.2) is 54.7 Å². The van der Waals surface area contributed by atoms with Gasteiger partial charge in [0.25, 0.3) is 5.91 Å². The molecule has 0 N–H and O–H groups in total. The quantitative estimate of drug-likeness (QED) is 0.667. The smallest absolute Gasteiger partial charge is 0.255 e. The second kappa shape index (κ2) is 9.49. The Morgan fingerprint density at radius 3 is 2.44 bits per heavy atom. The largest absolute Gasteiger partial charge is 0.494 e. The van der Waals surface area contributed by atoms with E-state index < -0.39 is 0 Å². The molecule has 0 unspecified atom stereocenters. The van der Waals surface area contributed by atoms with Gasteiger partial charge in [-0.25, -0.2) is 0 Å². The SMILES string of the molecule is CCOc1ccc(CN2CCN(C(=O)c3cc(SC)ccc3Cl)CC2)cc1. The monoisotopic (exact) mass is 404 g/mol. The number of rotatable bonds is 6. The maximum Gasteiger partial charge on any atom is 0.255 e. The van der Waals surface area contributed by atoms with E-state index in [-0.39, 0.29) is 5.91 Å². The summed E-state index contributed by atoms with van der Waals surface area (Å²) >= 11 is 7.88. The molecule has 1 fully saturated rings. The van der Waals surface area contributed by atoms with Gasteiger partial charge in [0.1, 0.15) is 5.75 Å². The highest BCUT2D eigenvalue weighted by atomic mass is 35.5. The van der Waals surface area contributed by atoms with Crippen molar-refractivity contribution < 1.29 is 9.53 Å². The highest BCUT2D eigenvalue weighted by Gasteiger charge is 2.23. The molecule has 0 spiro atoms. The lowest BCUT2D eigenvalue weighted by Gasteiger charge is -2.35. The number of carbonyl (C=O) groups excluding carboxylic acids is 1. The molecule has 1 amide bonds. The number of ether oxygens (including phenoxy) is 1. The fourth-order valence-electron chi connectivity index (χ4n) is 3.19. The van der Waals surface area contributed by atoms with Gasteiger partial charge in [-0.15, -0.1) is 11.8 Å². The van der Waals surface area contributed by atoms with Gasteiger partial charge in [-0.1, -0.05) is 23.7 Å². The number of amides is 1. The molecular weight excluding hydrogens is 380 g/mol. The van der Waals surface area contributed by atoms with Crippen LogP contribution >= 0.6 is 23.4 Å². The minimum Gasteiger partial charge on any atom is -0.494 e. The lowest BCUT2D eigenvalue weighted by Crippen LogP contribution is -2.48. The van der Waals surface area contributed by atoms with Crippen LogP contribution in [0, 0.1) is 0 Å². The first-order valence-corrected chi connectivity index (χ1v) is 10.8. The molecule has 3 rings (SSSR count). The standard InChI is InChI=1S/C21H25ClN2O2S/c1-3-26-17-6-4-16(5-7-17)15-23-10-12-24(13-11-23)21(25)19-14-18(27-2)8-9-20(19)22/h4-9,14H,3,10-13,15H2,1-2H3. The number of nitrogens with zero attached hydrogens (tertiary/aromatic N) is 2. The molecule has 0 aliphatic carbocycles. The second-order valence-electron chi connectivity index (χ2n) is 6.49. The predicted octanol–water partition coefficient (Wildman–Crippen LogP) is 4.42. The van der Waals surface area contributed by atoms with Crippen molar-refractivity contribution >= 4 is 29.3 Å². The van der Waals surface area contributed by atoms with Crippen LogP contribution in [0.3, 0.4) is 0 Å². The first-order valence-electron chi connectivity index (χ1n) is 9.17. The predicted molar refractivity (Wildman–Crippen MR) is 112 cm³/mol. The first-order chi connectivity index (χ1) is 13.1. The molecule has 0 aromatic heterocycles. The van der Waals surface area contributed by atoms with E-state index >= 15 is 0 Å². The van der Waals surface area contributed by atoms with Crippen molar-refractivity contribution in [3.63, 3.8) is 0 Å². The Morgan fingerprint density at radius 1 is 1.11 bits per heavy atom. The van der Waals surface area contributed by atoms with Crippen LogP contribution in [0.2, 0.25) is 5.02 Å². The Labute approximate surface area is 170 Å². The summed E-state index contributed by atoms with van der Waals surface area (Å²) in [6, 6.07) is 13.9. The molecule has 1 saturated heterocycles. The van der Waals surface area contributed by atoms with Gasteiger partial charge < -0.3 is 9.64 Å². The minimum absolute atomic E-state index is 0.0246. The molecule has 0 radical (unpaired) electrons. The minimum atomic E-state index is 0.0246. The van der Waals surface area contributed by atoms with E-state index in [1.807, 2.05) is 48.4 Å². The Balaban J connectivity index is 1.56. The number of benzene rings is 2. The van der Waals surface area contributed by atoms with Crippen LogP contribution in [0.15, 0.2) is 47.4 Å². The summed E-state index contributed by atoms with van der Waals surface area (Å²) in [4.78, 5) is 18.2. The normalized spacial score (nSPS) is 15.0. The number of carbonyl (C=O) groups is 1. The topological polar surface area (TPSA) is 32.8 Å². The lowest BCUT2D eigenvalue weighted by molar-refractivity contribution is 0.0628. The molecule has 27 heavy (non-hydrogen) atoms. The van der Waals surface area contributed by atoms with E-state index in [0.29, 0.717) is 17.2 Å². The van der Waals surface area contributed by atoms with Crippen molar-refractivity contribution in [1.82, 2.24) is 9.80 Å². The zero-order chi connectivity index (χ0) is 19.2. The second-order valence-corrected chi connectivity index (χ2v) is 7.78. The Hall–Kier alpha value is -1.69. The average Bonchev–Trinajstić information content (AvgIpc) is 2.70. The maximum absolute atomic E-state index is 12.9. The van der Waals surface area contributed by atoms with Crippen molar-refractivity contribution in [1.29, 1.82) is 0 Å². The Kier molecular flexibility index (Phi) is 7.05. The number of thioether (sulfide) groups is 1. The van der Waals surface area contributed by atoms with Gasteiger partial charge >= 0.3 is 0 Å². The van der Waals surface area contributed by atoms with Crippen molar-refractivity contribution in [2.75, 3.05) is 39.0 Å². The summed E-state index contributed by atoms with van der Waals surface area (Å²) < 4.78 is 5.49. The molecule has 6 heteroatoms. The van der Waals surface area contributed by atoms with E-state index in [0.717, 1.165) is 43.4 Å². The fraction of sp³-hybridized carbons (Fsp3) is 0.381. The molecule has 2 aromatic carbocycles. The first kappa shape index (κ1) is 20.1. The third kappa shape index (κ3) is 5.18. The van der Waals surface area contributed by atoms with Gasteiger partial charge in [0.05, 0.1) is 17.2 Å². The summed E-state index contributed by atoms with van der Waals surface area (Å²) in [7, 11) is 0. The van der Waals surface area contributed by atoms with E-state index in [2.05, 4.69) is 17.0 Å². The molecule has 144 valence electrons. The zero-order valence-corrected chi connectivity index (χ0v) is 17.4. The number of hydrogen-bond acceptors (Lipinski definition) is 4. The van der Waals surface area contributed by atoms with E-state index in [9.17, 15) is 4.79 Å². The summed E-state index contributed by atoms with van der Waals surface area (Å²) in [5.74, 6) is 0.928. The lowest BCUT2D eigenvalue weighted by atomic mass is 10.1. The molecule has 4 nitrogen and oxygen atoms in total. The summed E-state index contributed by atoms with van der Waals surface area (Å²) in [5, 5.41) is 0.523. The van der Waals surface area contributed by atoms with E-state index in [1.54, 1.807) is 11.8 Å². The van der Waals surface area contributed by atoms with Crippen molar-refractivity contribution in [3.8, 4) is 5.75 Å². The molecule has 1 aliphatic rings. The average molecular weight is 405 g/mol. The number of halogens is 1. The Morgan fingerprint density at radius 2 is 1.81 bits per heavy atom. The van der Waals surface area contributed by atoms with Crippen LogP contribution in [-0.2, 0) is 6.54 Å². The molecule has 0 saturated carbocycles. The van der Waals surface area contributed by atoms with Gasteiger partial charge in [-0.05, 0) is 49.1 Å². The highest BCUT2D eigenvalue weighted by Crippen LogP contribution is 2.25. The van der Waals surface area contributed by atoms with E-state index in [1.165, 1.54) is 5.56 Å². The van der Waals surface area contributed by atoms with Crippen LogP contribution in [0.5, 0.6) is 5.75 Å². The fourth-order valence-corrected chi connectivity index (χ4v) is 3.83. The summed E-state index contributed by atoms with van der Waals surface area (Å²) in [5.41, 5.74) is 1.86. The summed E-state index contributed by atoms with van der Waals surface area (Å²) in [6.07, 6.45) is 2.00. The van der Waals surface area contributed by atoms with E-state index in [4.69, 9.17) is 16.3 Å². The third-order valence-electron chi connectivity index (χ3n) is 4.70. The van der Waals surface area contributed by atoms with Crippen LogP contribution in [0.25, 0.3) is 0 Å². The Bertz CT molecular complexity index is 774. The summed E-state index contributed by atoms with van der Waals surface area (Å²) in [6.45, 7) is 6.71. The van der Waals surface area contributed by atoms with Gasteiger partial charge in [-0.2, -0.15) is 0 Å². The van der Waals surface area contributed by atoms with Gasteiger partial charge in [0.2, 0.25) is 0 Å². The van der Waals surface area contributed by atoms with Gasteiger partial charge in [0.15, 0.2) is 0 Å². The maximum atomic E-state index is 12.9. The third-order valence-corrected chi connectivity index (χ3v) is 5.76. The molecule has 2 aromatic rings. The molecule has 1 aliphatic heterocycles. The van der Waals surface area contributed by atoms with Crippen molar-refractivity contribution in [2.45, 2.75) is 18.4 Å². The number of piperazine rings is 1. The van der Waals surface area contributed by atoms with Gasteiger partial charge in [0, 0.05) is 37.6 Å². The van der Waals surface area contributed by atoms with Crippen molar-refractivity contribution in [2.24, 2.45) is 0 Å². The molecule has 0 bridgehead atoms. The van der Waals surface area contributed by atoms with Crippen LogP contribution in [0.4, 0.5) is 0 Å². The zero-order valence-electron chi connectivity index (χ0n) is 15.8. The van der Waals surface area contributed by atoms with Crippen LogP contribution in [0.1, 0.15) is 22.8 Å². The van der Waals surface area contributed by atoms with Crippen LogP contribution < -0.4 is 4.74 Å². The number of hydrogen-bond donors (Lipinski definition) is 0. The van der Waals surface area contributed by atoms with Crippen molar-refractivity contribution in [3.05, 3.63) is 58.6 Å². The van der Waals surface area contributed by atoms with Gasteiger partial charge in [-0.3, -0.25) is 9.69 Å². The molecular formula is C21H25ClN2O2S. The molecule has 1 heterocycles. The molecule has 0 atom stereocenters. The highest BCUT2D eigenvalue weighted by molar-refractivity contribution is 7.98.